The van der Waals surface area contributed by atoms with Crippen LogP contribution in [0.4, 0.5) is 8.78 Å². The second-order valence-electron chi connectivity index (χ2n) is 9.50. The number of hydrogen-bond donors (Lipinski definition) is 1. The van der Waals surface area contributed by atoms with Crippen LogP contribution in [0.15, 0.2) is 78.9 Å². The van der Waals surface area contributed by atoms with Crippen LogP contribution in [0.5, 0.6) is 0 Å². The van der Waals surface area contributed by atoms with E-state index < -0.39 is 11.8 Å². The second kappa shape index (κ2) is 9.66. The molecular formula is C29H28F2N4O. The summed E-state index contributed by atoms with van der Waals surface area (Å²) in [5.41, 5.74) is 12.9. The van der Waals surface area contributed by atoms with Crippen molar-refractivity contribution in [3.05, 3.63) is 107 Å². The van der Waals surface area contributed by atoms with Crippen molar-refractivity contribution in [2.45, 2.75) is 32.2 Å². The Morgan fingerprint density at radius 2 is 1.47 bits per heavy atom. The summed E-state index contributed by atoms with van der Waals surface area (Å²) >= 11 is 0. The van der Waals surface area contributed by atoms with Crippen LogP contribution in [0.25, 0.3) is 16.8 Å². The lowest BCUT2D eigenvalue weighted by Gasteiger charge is -2.15. The van der Waals surface area contributed by atoms with Crippen LogP contribution in [-0.2, 0) is 13.0 Å². The van der Waals surface area contributed by atoms with Crippen molar-refractivity contribution in [3.63, 3.8) is 0 Å². The van der Waals surface area contributed by atoms with E-state index in [0.29, 0.717) is 13.1 Å². The minimum atomic E-state index is -2.56. The monoisotopic (exact) mass is 486 g/mol. The zero-order chi connectivity index (χ0) is 25.3. The first-order chi connectivity index (χ1) is 17.3. The highest BCUT2D eigenvalue weighted by Crippen LogP contribution is 2.28. The molecule has 1 fully saturated rings. The van der Waals surface area contributed by atoms with Crippen molar-refractivity contribution in [1.82, 2.24) is 14.7 Å². The Hall–Kier alpha value is -3.84. The Morgan fingerprint density at radius 3 is 1.97 bits per heavy atom. The van der Waals surface area contributed by atoms with Crippen LogP contribution in [0, 0.1) is 6.92 Å². The van der Waals surface area contributed by atoms with E-state index >= 15 is 0 Å². The number of aromatic nitrogens is 2. The molecule has 0 atom stereocenters. The van der Waals surface area contributed by atoms with Gasteiger partial charge in [-0.1, -0.05) is 60.7 Å². The lowest BCUT2D eigenvalue weighted by molar-refractivity contribution is 0.0115. The molecule has 0 saturated carbocycles. The number of benzene rings is 3. The van der Waals surface area contributed by atoms with E-state index in [2.05, 4.69) is 53.6 Å². The SMILES string of the molecule is Cc1cc(C(N)=O)nn1-c1ccc(Cc2ccc(-c3ccc(CN4CCC(F)(F)C4)cc3)cc2)cc1. The number of nitrogens with zero attached hydrogens (tertiary/aromatic N) is 3. The maximum absolute atomic E-state index is 13.4. The number of aryl methyl sites for hydroxylation is 1. The highest BCUT2D eigenvalue weighted by atomic mass is 19.3. The van der Waals surface area contributed by atoms with E-state index in [-0.39, 0.29) is 18.7 Å². The van der Waals surface area contributed by atoms with Crippen LogP contribution >= 0.6 is 0 Å². The Bertz CT molecular complexity index is 1360. The number of hydrogen-bond acceptors (Lipinski definition) is 3. The van der Waals surface area contributed by atoms with E-state index in [1.807, 2.05) is 36.1 Å². The summed E-state index contributed by atoms with van der Waals surface area (Å²) in [6, 6.07) is 26.4. The van der Waals surface area contributed by atoms with Crippen molar-refractivity contribution >= 4 is 5.91 Å². The molecule has 2 N–H and O–H groups in total. The minimum absolute atomic E-state index is 0.0522. The number of likely N-dealkylation sites (tertiary alicyclic amines) is 1. The number of halogens is 2. The van der Waals surface area contributed by atoms with Gasteiger partial charge < -0.3 is 5.73 Å². The van der Waals surface area contributed by atoms with Gasteiger partial charge in [0.25, 0.3) is 11.8 Å². The average molecular weight is 487 g/mol. The third-order valence-electron chi connectivity index (χ3n) is 6.63. The van der Waals surface area contributed by atoms with Gasteiger partial charge in [0.05, 0.1) is 12.2 Å². The van der Waals surface area contributed by atoms with Gasteiger partial charge in [-0.3, -0.25) is 9.69 Å². The van der Waals surface area contributed by atoms with Gasteiger partial charge in [0.15, 0.2) is 5.69 Å². The van der Waals surface area contributed by atoms with Crippen molar-refractivity contribution in [2.75, 3.05) is 13.1 Å². The fraction of sp³-hybridized carbons (Fsp3) is 0.241. The third-order valence-corrected chi connectivity index (χ3v) is 6.63. The summed E-state index contributed by atoms with van der Waals surface area (Å²) in [6.45, 7) is 2.73. The quantitative estimate of drug-likeness (QED) is 0.382. The normalized spacial score (nSPS) is 15.3. The second-order valence-corrected chi connectivity index (χ2v) is 9.50. The summed E-state index contributed by atoms with van der Waals surface area (Å²) in [4.78, 5) is 13.2. The highest BCUT2D eigenvalue weighted by molar-refractivity contribution is 5.90. The fourth-order valence-corrected chi connectivity index (χ4v) is 4.66. The molecule has 0 radical (unpaired) electrons. The molecule has 1 amide bonds. The molecule has 36 heavy (non-hydrogen) atoms. The summed E-state index contributed by atoms with van der Waals surface area (Å²) in [6.07, 6.45) is 0.744. The first kappa shape index (κ1) is 23.9. The zero-order valence-electron chi connectivity index (χ0n) is 20.1. The first-order valence-corrected chi connectivity index (χ1v) is 12.0. The highest BCUT2D eigenvalue weighted by Gasteiger charge is 2.37. The Labute approximate surface area is 209 Å². The zero-order valence-corrected chi connectivity index (χ0v) is 20.1. The van der Waals surface area contributed by atoms with Gasteiger partial charge in [-0.2, -0.15) is 5.10 Å². The summed E-state index contributed by atoms with van der Waals surface area (Å²) < 4.78 is 28.6. The molecule has 5 rings (SSSR count). The van der Waals surface area contributed by atoms with Gasteiger partial charge in [0.2, 0.25) is 0 Å². The number of carbonyl (C=O) groups is 1. The van der Waals surface area contributed by atoms with Gasteiger partial charge in [-0.15, -0.1) is 0 Å². The smallest absolute Gasteiger partial charge is 0.269 e. The van der Waals surface area contributed by atoms with Gasteiger partial charge >= 0.3 is 0 Å². The van der Waals surface area contributed by atoms with Crippen molar-refractivity contribution in [2.24, 2.45) is 5.73 Å². The third kappa shape index (κ3) is 5.36. The number of rotatable bonds is 7. The van der Waals surface area contributed by atoms with Crippen LogP contribution in [0.1, 0.15) is 39.3 Å². The molecule has 0 aliphatic carbocycles. The summed E-state index contributed by atoms with van der Waals surface area (Å²) in [7, 11) is 0. The number of carbonyl (C=O) groups excluding carboxylic acids is 1. The van der Waals surface area contributed by atoms with E-state index in [0.717, 1.165) is 34.5 Å². The lowest BCUT2D eigenvalue weighted by atomic mass is 9.99. The molecule has 1 aliphatic heterocycles. The van der Waals surface area contributed by atoms with Crippen molar-refractivity contribution in [3.8, 4) is 16.8 Å². The predicted octanol–water partition coefficient (Wildman–Crippen LogP) is 5.38. The number of alkyl halides is 2. The largest absolute Gasteiger partial charge is 0.364 e. The molecule has 184 valence electrons. The van der Waals surface area contributed by atoms with Gasteiger partial charge in [0, 0.05) is 25.2 Å². The van der Waals surface area contributed by atoms with Crippen molar-refractivity contribution < 1.29 is 13.6 Å². The lowest BCUT2D eigenvalue weighted by Crippen LogP contribution is -2.24. The molecule has 0 bridgehead atoms. The maximum Gasteiger partial charge on any atom is 0.269 e. The molecule has 4 aromatic rings. The molecule has 1 aliphatic rings. The fourth-order valence-electron chi connectivity index (χ4n) is 4.66. The molecule has 1 saturated heterocycles. The van der Waals surface area contributed by atoms with Gasteiger partial charge in [0.1, 0.15) is 0 Å². The van der Waals surface area contributed by atoms with Crippen LogP contribution in [-0.4, -0.2) is 39.6 Å². The van der Waals surface area contributed by atoms with E-state index in [4.69, 9.17) is 5.73 Å². The van der Waals surface area contributed by atoms with E-state index in [9.17, 15) is 13.6 Å². The van der Waals surface area contributed by atoms with Crippen LogP contribution in [0.3, 0.4) is 0 Å². The van der Waals surface area contributed by atoms with Crippen LogP contribution < -0.4 is 5.73 Å². The maximum atomic E-state index is 13.4. The molecule has 7 heteroatoms. The van der Waals surface area contributed by atoms with Crippen molar-refractivity contribution in [1.29, 1.82) is 0 Å². The predicted molar refractivity (Wildman–Crippen MR) is 136 cm³/mol. The van der Waals surface area contributed by atoms with E-state index in [1.54, 1.807) is 10.7 Å². The number of amides is 1. The number of primary amides is 1. The molecule has 1 aromatic heterocycles. The molecule has 0 spiro atoms. The summed E-state index contributed by atoms with van der Waals surface area (Å²) in [5.74, 6) is -3.10. The first-order valence-electron chi connectivity index (χ1n) is 12.0. The molecule has 0 unspecified atom stereocenters. The van der Waals surface area contributed by atoms with Crippen LogP contribution in [0.2, 0.25) is 0 Å². The molecule has 3 aromatic carbocycles. The Balaban J connectivity index is 1.21. The summed E-state index contributed by atoms with van der Waals surface area (Å²) in [5, 5.41) is 4.28. The van der Waals surface area contributed by atoms with Gasteiger partial charge in [-0.25, -0.2) is 13.5 Å². The number of nitrogens with two attached hydrogens (primary N) is 1. The standard InChI is InChI=1S/C29H28F2N4O/c1-20-16-27(28(32)36)33-35(20)26-12-6-22(7-13-26)17-21-2-8-24(9-3-21)25-10-4-23(5-11-25)18-34-15-14-29(30,31)19-34/h2-13,16H,14-15,17-19H2,1H3,(H2,32,36). The van der Waals surface area contributed by atoms with E-state index in [1.165, 1.54) is 11.1 Å². The minimum Gasteiger partial charge on any atom is -0.364 e. The molecular weight excluding hydrogens is 458 g/mol. The molecule has 2 heterocycles. The van der Waals surface area contributed by atoms with Gasteiger partial charge in [-0.05, 0) is 59.4 Å². The Kier molecular flexibility index (Phi) is 6.41. The topological polar surface area (TPSA) is 64.2 Å². The molecule has 5 nitrogen and oxygen atoms in total. The Morgan fingerprint density at radius 1 is 0.917 bits per heavy atom. The average Bonchev–Trinajstić information content (AvgIpc) is 3.42.